The van der Waals surface area contributed by atoms with Gasteiger partial charge >= 0.3 is 5.97 Å². The average molecular weight is 618 g/mol. The van der Waals surface area contributed by atoms with Crippen LogP contribution in [0.1, 0.15) is 162 Å². The van der Waals surface area contributed by atoms with Crippen molar-refractivity contribution in [3.63, 3.8) is 0 Å². The molecule has 0 saturated carbocycles. The molecule has 0 aromatic carbocycles. The summed E-state index contributed by atoms with van der Waals surface area (Å²) in [6, 6.07) is -0.765. The quantitative estimate of drug-likeness (QED) is 0.0649. The highest BCUT2D eigenvalue weighted by molar-refractivity contribution is 9.09. The molecule has 0 aliphatic heterocycles. The van der Waals surface area contributed by atoms with Gasteiger partial charge in [0, 0.05) is 31.3 Å². The lowest BCUT2D eigenvalue weighted by atomic mass is 10.0. The van der Waals surface area contributed by atoms with Crippen molar-refractivity contribution < 1.29 is 19.5 Å². The maximum atomic E-state index is 13.5. The van der Waals surface area contributed by atoms with Crippen LogP contribution in [-0.4, -0.2) is 52.3 Å². The van der Waals surface area contributed by atoms with Crippen LogP contribution in [0, 0.1) is 0 Å². The lowest BCUT2D eigenvalue weighted by molar-refractivity contribution is -0.139. The van der Waals surface area contributed by atoms with Gasteiger partial charge < -0.3 is 15.3 Å². The normalized spacial score (nSPS) is 11.9. The fraction of sp³-hybridized carbons (Fsp3) is 0.906. The summed E-state index contributed by atoms with van der Waals surface area (Å²) in [5, 5.41) is 12.5. The van der Waals surface area contributed by atoms with Gasteiger partial charge in [-0.3, -0.25) is 14.4 Å². The molecule has 0 aromatic heterocycles. The fourth-order valence-electron chi connectivity index (χ4n) is 5.01. The molecule has 0 radical (unpaired) electrons. The largest absolute Gasteiger partial charge is 0.481 e. The number of aliphatic carboxylic acids is 1. The first kappa shape index (κ1) is 37.9. The van der Waals surface area contributed by atoms with Crippen molar-refractivity contribution in [2.75, 3.05) is 18.4 Å². The molecule has 0 fully saturated rings. The number of alkyl halides is 1. The van der Waals surface area contributed by atoms with Crippen molar-refractivity contribution in [2.24, 2.45) is 0 Å². The van der Waals surface area contributed by atoms with Crippen molar-refractivity contribution in [3.05, 3.63) is 0 Å². The molecule has 0 aromatic rings. The van der Waals surface area contributed by atoms with E-state index in [1.54, 1.807) is 0 Å². The van der Waals surface area contributed by atoms with Gasteiger partial charge in [0.15, 0.2) is 0 Å². The summed E-state index contributed by atoms with van der Waals surface area (Å²) in [6.45, 7) is 5.86. The average Bonchev–Trinajstić information content (AvgIpc) is 2.91. The van der Waals surface area contributed by atoms with E-state index < -0.39 is 12.0 Å². The van der Waals surface area contributed by atoms with Crippen LogP contribution in [-0.2, 0) is 14.4 Å². The van der Waals surface area contributed by atoms with Crippen LogP contribution in [0.5, 0.6) is 0 Å². The Balaban J connectivity index is 4.69. The van der Waals surface area contributed by atoms with Gasteiger partial charge in [-0.15, -0.1) is 0 Å². The molecule has 39 heavy (non-hydrogen) atoms. The van der Waals surface area contributed by atoms with E-state index in [-0.39, 0.29) is 31.1 Å². The summed E-state index contributed by atoms with van der Waals surface area (Å²) in [5.74, 6) is -1.28. The Hall–Kier alpha value is -1.11. The van der Waals surface area contributed by atoms with Crippen molar-refractivity contribution in [1.29, 1.82) is 0 Å². The molecule has 0 aliphatic rings. The Morgan fingerprint density at radius 2 is 1.03 bits per heavy atom. The second-order valence-corrected chi connectivity index (χ2v) is 12.0. The number of hydrogen-bond acceptors (Lipinski definition) is 3. The number of rotatable bonds is 29. The number of amides is 2. The fourth-order valence-corrected chi connectivity index (χ4v) is 5.37. The SMILES string of the molecule is CCCCCCCCCCCCN(CCCCCCCCCCCC)C(=O)[C@H](CCC(=O)O)NC(=O)CCBr. The van der Waals surface area contributed by atoms with Crippen LogP contribution >= 0.6 is 15.9 Å². The van der Waals surface area contributed by atoms with E-state index in [1.165, 1.54) is 103 Å². The molecule has 0 rings (SSSR count). The maximum Gasteiger partial charge on any atom is 0.303 e. The molecule has 0 saturated heterocycles. The molecule has 0 heterocycles. The predicted octanol–water partition coefficient (Wildman–Crippen LogP) is 8.79. The van der Waals surface area contributed by atoms with Gasteiger partial charge in [-0.25, -0.2) is 0 Å². The second-order valence-electron chi connectivity index (χ2n) is 11.2. The summed E-state index contributed by atoms with van der Waals surface area (Å²) in [4.78, 5) is 38.8. The second kappa shape index (κ2) is 28.4. The van der Waals surface area contributed by atoms with Gasteiger partial charge in [0.2, 0.25) is 11.8 Å². The zero-order valence-corrected chi connectivity index (χ0v) is 27.0. The third kappa shape index (κ3) is 24.4. The van der Waals surface area contributed by atoms with Gasteiger partial charge in [0.25, 0.3) is 0 Å². The van der Waals surface area contributed by atoms with E-state index in [0.29, 0.717) is 18.4 Å². The van der Waals surface area contributed by atoms with Crippen molar-refractivity contribution in [2.45, 2.75) is 168 Å². The number of carbonyl (C=O) groups is 3. The minimum absolute atomic E-state index is 0.119. The van der Waals surface area contributed by atoms with E-state index in [1.807, 2.05) is 4.90 Å². The molecule has 7 heteroatoms. The van der Waals surface area contributed by atoms with Crippen molar-refractivity contribution in [3.8, 4) is 0 Å². The number of hydrogen-bond donors (Lipinski definition) is 2. The third-order valence-corrected chi connectivity index (χ3v) is 7.87. The number of carboxylic acid groups (broad SMARTS) is 1. The summed E-state index contributed by atoms with van der Waals surface area (Å²) in [7, 11) is 0. The van der Waals surface area contributed by atoms with Crippen LogP contribution in [0.4, 0.5) is 0 Å². The molecular weight excluding hydrogens is 556 g/mol. The summed E-state index contributed by atoms with van der Waals surface area (Å²) < 4.78 is 0. The number of carbonyl (C=O) groups excluding carboxylic acids is 2. The van der Waals surface area contributed by atoms with Crippen LogP contribution in [0.2, 0.25) is 0 Å². The van der Waals surface area contributed by atoms with E-state index >= 15 is 0 Å². The van der Waals surface area contributed by atoms with E-state index in [9.17, 15) is 19.5 Å². The Morgan fingerprint density at radius 1 is 0.641 bits per heavy atom. The van der Waals surface area contributed by atoms with Crippen molar-refractivity contribution >= 4 is 33.7 Å². The van der Waals surface area contributed by atoms with E-state index in [2.05, 4.69) is 35.1 Å². The number of halogens is 1. The minimum atomic E-state index is -0.946. The van der Waals surface area contributed by atoms with Crippen LogP contribution in [0.3, 0.4) is 0 Å². The lowest BCUT2D eigenvalue weighted by Gasteiger charge is -2.28. The van der Waals surface area contributed by atoms with Gasteiger partial charge in [-0.2, -0.15) is 0 Å². The van der Waals surface area contributed by atoms with Crippen LogP contribution < -0.4 is 5.32 Å². The maximum absolute atomic E-state index is 13.5. The Labute approximate surface area is 249 Å². The standard InChI is InChI=1S/C32H61BrN2O4/c1-3-5-7-9-11-13-15-17-19-21-27-35(28-22-20-18-16-14-12-10-8-6-4-2)32(39)29(23-24-31(37)38)34-30(36)25-26-33/h29H,3-28H2,1-2H3,(H,34,36)(H,37,38)/t29-/m0/s1. The summed E-state index contributed by atoms with van der Waals surface area (Å²) >= 11 is 3.27. The molecule has 2 N–H and O–H groups in total. The number of carboxylic acids is 1. The lowest BCUT2D eigenvalue weighted by Crippen LogP contribution is -2.49. The molecular formula is C32H61BrN2O4. The number of nitrogens with one attached hydrogen (secondary N) is 1. The Bertz CT molecular complexity index is 579. The molecule has 230 valence electrons. The van der Waals surface area contributed by atoms with Crippen molar-refractivity contribution in [1.82, 2.24) is 10.2 Å². The van der Waals surface area contributed by atoms with Gasteiger partial charge in [-0.1, -0.05) is 145 Å². The summed E-state index contributed by atoms with van der Waals surface area (Å²) in [6.07, 6.45) is 25.1. The van der Waals surface area contributed by atoms with Gasteiger partial charge in [-0.05, 0) is 19.3 Å². The smallest absolute Gasteiger partial charge is 0.303 e. The topological polar surface area (TPSA) is 86.7 Å². The highest BCUT2D eigenvalue weighted by atomic mass is 79.9. The first-order valence-corrected chi connectivity index (χ1v) is 17.4. The molecule has 1 atom stereocenters. The van der Waals surface area contributed by atoms with Crippen LogP contribution in [0.25, 0.3) is 0 Å². The molecule has 0 spiro atoms. The van der Waals surface area contributed by atoms with Gasteiger partial charge in [0.1, 0.15) is 6.04 Å². The molecule has 0 bridgehead atoms. The highest BCUT2D eigenvalue weighted by Gasteiger charge is 2.26. The van der Waals surface area contributed by atoms with Crippen LogP contribution in [0.15, 0.2) is 0 Å². The molecule has 0 unspecified atom stereocenters. The first-order valence-electron chi connectivity index (χ1n) is 16.3. The Kier molecular flexibility index (Phi) is 27.6. The van der Waals surface area contributed by atoms with Gasteiger partial charge in [0.05, 0.1) is 0 Å². The third-order valence-electron chi connectivity index (χ3n) is 7.48. The number of nitrogens with zero attached hydrogens (tertiary/aromatic N) is 1. The molecule has 2 amide bonds. The summed E-state index contributed by atoms with van der Waals surface area (Å²) in [5.41, 5.74) is 0. The Morgan fingerprint density at radius 3 is 1.38 bits per heavy atom. The van der Waals surface area contributed by atoms with E-state index in [0.717, 1.165) is 25.7 Å². The molecule has 0 aliphatic carbocycles. The predicted molar refractivity (Wildman–Crippen MR) is 167 cm³/mol. The minimum Gasteiger partial charge on any atom is -0.481 e. The zero-order valence-electron chi connectivity index (χ0n) is 25.5. The highest BCUT2D eigenvalue weighted by Crippen LogP contribution is 2.14. The monoisotopic (exact) mass is 616 g/mol. The van der Waals surface area contributed by atoms with E-state index in [4.69, 9.17) is 0 Å². The zero-order chi connectivity index (χ0) is 29.0. The number of unbranched alkanes of at least 4 members (excludes halogenated alkanes) is 18. The molecule has 6 nitrogen and oxygen atoms in total. The first-order chi connectivity index (χ1) is 19.0.